The molecule has 3 aromatic rings. The number of amides is 3. The van der Waals surface area contributed by atoms with E-state index in [1.54, 1.807) is 24.5 Å². The zero-order chi connectivity index (χ0) is 19.2. The average Bonchev–Trinajstić information content (AvgIpc) is 2.69. The van der Waals surface area contributed by atoms with Gasteiger partial charge in [0.15, 0.2) is 0 Å². The van der Waals surface area contributed by atoms with E-state index in [-0.39, 0.29) is 6.42 Å². The van der Waals surface area contributed by atoms with Crippen molar-refractivity contribution in [1.29, 1.82) is 0 Å². The third-order valence-corrected chi connectivity index (χ3v) is 4.31. The molecule has 0 unspecified atom stereocenters. The van der Waals surface area contributed by atoms with E-state index in [0.29, 0.717) is 5.69 Å². The Hall–Kier alpha value is -3.67. The highest BCUT2D eigenvalue weighted by Gasteiger charge is 2.28. The lowest BCUT2D eigenvalue weighted by Gasteiger charge is -2.28. The fourth-order valence-corrected chi connectivity index (χ4v) is 2.98. The van der Waals surface area contributed by atoms with E-state index in [1.807, 2.05) is 54.6 Å². The Balaban J connectivity index is 1.91. The number of rotatable bonds is 6. The fourth-order valence-electron chi connectivity index (χ4n) is 2.98. The second-order valence-electron chi connectivity index (χ2n) is 6.10. The van der Waals surface area contributed by atoms with Crippen LogP contribution in [-0.4, -0.2) is 23.0 Å². The maximum absolute atomic E-state index is 12.1. The molecular weight excluding hydrogens is 340 g/mol. The molecule has 6 nitrogen and oxygen atoms in total. The van der Waals surface area contributed by atoms with Gasteiger partial charge >= 0.3 is 6.03 Å². The van der Waals surface area contributed by atoms with E-state index in [4.69, 9.17) is 11.5 Å². The van der Waals surface area contributed by atoms with Gasteiger partial charge in [0.1, 0.15) is 6.04 Å². The maximum atomic E-state index is 12.1. The molecule has 0 saturated heterocycles. The van der Waals surface area contributed by atoms with Gasteiger partial charge in [-0.25, -0.2) is 4.79 Å². The van der Waals surface area contributed by atoms with Gasteiger partial charge in [-0.2, -0.15) is 0 Å². The number of primary amides is 2. The van der Waals surface area contributed by atoms with E-state index in [9.17, 15) is 9.59 Å². The Kier molecular flexibility index (Phi) is 5.47. The van der Waals surface area contributed by atoms with Crippen LogP contribution in [0, 0.1) is 0 Å². The van der Waals surface area contributed by atoms with Crippen molar-refractivity contribution in [2.45, 2.75) is 12.5 Å². The van der Waals surface area contributed by atoms with Crippen molar-refractivity contribution in [3.05, 3.63) is 84.7 Å². The van der Waals surface area contributed by atoms with Gasteiger partial charge in [-0.05, 0) is 41.0 Å². The lowest BCUT2D eigenvalue weighted by atomic mass is 10.0. The number of aromatic nitrogens is 1. The van der Waals surface area contributed by atoms with Crippen molar-refractivity contribution in [3.63, 3.8) is 0 Å². The fraction of sp³-hybridized carbons (Fsp3) is 0.0952. The van der Waals surface area contributed by atoms with Crippen molar-refractivity contribution >= 4 is 17.6 Å². The Morgan fingerprint density at radius 2 is 1.44 bits per heavy atom. The first-order valence-electron chi connectivity index (χ1n) is 8.48. The van der Waals surface area contributed by atoms with Gasteiger partial charge < -0.3 is 11.5 Å². The molecule has 136 valence electrons. The van der Waals surface area contributed by atoms with Gasteiger partial charge in [0, 0.05) is 24.5 Å². The van der Waals surface area contributed by atoms with Crippen LogP contribution < -0.4 is 16.4 Å². The number of hydrogen-bond acceptors (Lipinski definition) is 3. The van der Waals surface area contributed by atoms with Gasteiger partial charge in [0.25, 0.3) is 0 Å². The van der Waals surface area contributed by atoms with Gasteiger partial charge in [0.2, 0.25) is 5.91 Å². The topological polar surface area (TPSA) is 102 Å². The molecule has 1 aromatic heterocycles. The highest BCUT2D eigenvalue weighted by molar-refractivity contribution is 5.99. The second kappa shape index (κ2) is 8.14. The normalized spacial score (nSPS) is 11.6. The predicted molar refractivity (Wildman–Crippen MR) is 105 cm³/mol. The molecule has 0 saturated carbocycles. The molecule has 3 rings (SSSR count). The zero-order valence-electron chi connectivity index (χ0n) is 14.7. The Morgan fingerprint density at radius 1 is 0.852 bits per heavy atom. The Bertz CT molecular complexity index is 912. The molecular formula is C21H20N4O2. The first kappa shape index (κ1) is 18.1. The van der Waals surface area contributed by atoms with Crippen LogP contribution in [0.15, 0.2) is 79.1 Å². The molecule has 1 heterocycles. The lowest BCUT2D eigenvalue weighted by molar-refractivity contribution is -0.119. The molecule has 0 aliphatic heterocycles. The van der Waals surface area contributed by atoms with Crippen LogP contribution in [0.4, 0.5) is 10.5 Å². The summed E-state index contributed by atoms with van der Waals surface area (Å²) in [6.45, 7) is 0. The summed E-state index contributed by atoms with van der Waals surface area (Å²) in [6.07, 6.45) is 3.70. The van der Waals surface area contributed by atoms with Gasteiger partial charge in [0.05, 0.1) is 0 Å². The summed E-state index contributed by atoms with van der Waals surface area (Å²) in [5, 5.41) is 0. The molecule has 27 heavy (non-hydrogen) atoms. The molecule has 3 amide bonds. The monoisotopic (exact) mass is 360 g/mol. The van der Waals surface area contributed by atoms with Crippen molar-refractivity contribution in [3.8, 4) is 11.1 Å². The smallest absolute Gasteiger partial charge is 0.320 e. The van der Waals surface area contributed by atoms with Crippen molar-refractivity contribution in [1.82, 2.24) is 4.98 Å². The SMILES string of the molecule is NC(=O)[C@@H](Cc1ccccc1)N(C(N)=O)c1ccc(-c2ccncc2)cc1. The number of benzene rings is 2. The minimum absolute atomic E-state index is 0.283. The van der Waals surface area contributed by atoms with E-state index < -0.39 is 18.0 Å². The van der Waals surface area contributed by atoms with E-state index in [1.165, 1.54) is 4.90 Å². The summed E-state index contributed by atoms with van der Waals surface area (Å²) in [4.78, 5) is 29.4. The molecule has 6 heteroatoms. The van der Waals surface area contributed by atoms with E-state index >= 15 is 0 Å². The number of nitrogens with two attached hydrogens (primary N) is 2. The molecule has 4 N–H and O–H groups in total. The molecule has 0 radical (unpaired) electrons. The molecule has 0 spiro atoms. The minimum atomic E-state index is -0.878. The summed E-state index contributed by atoms with van der Waals surface area (Å²) in [5.41, 5.74) is 14.5. The average molecular weight is 360 g/mol. The number of pyridine rings is 1. The highest BCUT2D eigenvalue weighted by atomic mass is 16.2. The largest absolute Gasteiger partial charge is 0.368 e. The number of nitrogens with zero attached hydrogens (tertiary/aromatic N) is 2. The number of carbonyl (C=O) groups excluding carboxylic acids is 2. The molecule has 0 bridgehead atoms. The van der Waals surface area contributed by atoms with Crippen molar-refractivity contribution in [2.24, 2.45) is 11.5 Å². The van der Waals surface area contributed by atoms with Gasteiger partial charge in [-0.15, -0.1) is 0 Å². The van der Waals surface area contributed by atoms with Crippen LogP contribution in [0.3, 0.4) is 0 Å². The first-order valence-corrected chi connectivity index (χ1v) is 8.48. The molecule has 1 atom stereocenters. The number of urea groups is 1. The summed E-state index contributed by atoms with van der Waals surface area (Å²) < 4.78 is 0. The summed E-state index contributed by atoms with van der Waals surface area (Å²) in [7, 11) is 0. The quantitative estimate of drug-likeness (QED) is 0.706. The standard InChI is InChI=1S/C21H20N4O2/c22-20(26)19(14-15-4-2-1-3-5-15)25(21(23)27)18-8-6-16(7-9-18)17-10-12-24-13-11-17/h1-13,19H,14H2,(H2,22,26)(H2,23,27)/t19-/m1/s1. The summed E-state index contributed by atoms with van der Waals surface area (Å²) in [6, 6.07) is 18.8. The van der Waals surface area contributed by atoms with Crippen LogP contribution >= 0.6 is 0 Å². The minimum Gasteiger partial charge on any atom is -0.368 e. The van der Waals surface area contributed by atoms with Crippen molar-refractivity contribution in [2.75, 3.05) is 4.90 Å². The van der Waals surface area contributed by atoms with Crippen LogP contribution in [0.25, 0.3) is 11.1 Å². The third kappa shape index (κ3) is 4.30. The number of hydrogen-bond donors (Lipinski definition) is 2. The van der Waals surface area contributed by atoms with Crippen LogP contribution in [0.1, 0.15) is 5.56 Å². The first-order chi connectivity index (χ1) is 13.1. The highest BCUT2D eigenvalue weighted by Crippen LogP contribution is 2.25. The molecule has 0 aliphatic carbocycles. The zero-order valence-corrected chi connectivity index (χ0v) is 14.7. The second-order valence-corrected chi connectivity index (χ2v) is 6.10. The summed E-state index contributed by atoms with van der Waals surface area (Å²) >= 11 is 0. The summed E-state index contributed by atoms with van der Waals surface area (Å²) in [5.74, 6) is -0.615. The maximum Gasteiger partial charge on any atom is 0.320 e. The van der Waals surface area contributed by atoms with Crippen molar-refractivity contribution < 1.29 is 9.59 Å². The van der Waals surface area contributed by atoms with Crippen LogP contribution in [0.2, 0.25) is 0 Å². The van der Waals surface area contributed by atoms with Gasteiger partial charge in [-0.3, -0.25) is 14.7 Å². The van der Waals surface area contributed by atoms with Crippen LogP contribution in [0.5, 0.6) is 0 Å². The Labute approximate surface area is 157 Å². The van der Waals surface area contributed by atoms with E-state index in [2.05, 4.69) is 4.98 Å². The molecule has 0 aliphatic rings. The Morgan fingerprint density at radius 3 is 2.00 bits per heavy atom. The van der Waals surface area contributed by atoms with Crippen LogP contribution in [-0.2, 0) is 11.2 Å². The lowest BCUT2D eigenvalue weighted by Crippen LogP contribution is -2.51. The third-order valence-electron chi connectivity index (χ3n) is 4.31. The van der Waals surface area contributed by atoms with E-state index in [0.717, 1.165) is 16.7 Å². The molecule has 2 aromatic carbocycles. The van der Waals surface area contributed by atoms with Gasteiger partial charge in [-0.1, -0.05) is 42.5 Å². The predicted octanol–water partition coefficient (Wildman–Crippen LogP) is 2.73. The number of anilines is 1. The number of carbonyl (C=O) groups is 2. The molecule has 0 fully saturated rings.